The Bertz CT molecular complexity index is 703. The number of benzene rings is 1. The van der Waals surface area contributed by atoms with Gasteiger partial charge in [0.15, 0.2) is 9.84 Å². The van der Waals surface area contributed by atoms with Crippen molar-refractivity contribution in [2.75, 3.05) is 18.7 Å². The number of hydrogen-bond donors (Lipinski definition) is 1. The van der Waals surface area contributed by atoms with Gasteiger partial charge in [-0.3, -0.25) is 9.59 Å². The maximum Gasteiger partial charge on any atom is 0.254 e. The highest BCUT2D eigenvalue weighted by atomic mass is 35.5. The van der Waals surface area contributed by atoms with E-state index in [1.807, 2.05) is 6.92 Å². The van der Waals surface area contributed by atoms with E-state index in [0.29, 0.717) is 5.88 Å². The van der Waals surface area contributed by atoms with Gasteiger partial charge in [0.1, 0.15) is 0 Å². The topological polar surface area (TPSA) is 80.3 Å². The summed E-state index contributed by atoms with van der Waals surface area (Å²) in [5, 5.41) is 1.37. The zero-order chi connectivity index (χ0) is 17.1. The number of hydrogen-bond acceptors (Lipinski definition) is 4. The molecule has 0 radical (unpaired) electrons. The molecule has 1 aromatic rings. The third-order valence-corrected chi connectivity index (χ3v) is 5.08. The van der Waals surface area contributed by atoms with Gasteiger partial charge in [0.25, 0.3) is 11.1 Å². The molecule has 1 unspecified atom stereocenters. The maximum absolute atomic E-state index is 12.3. The average Bonchev–Trinajstić information content (AvgIpc) is 2.42. The summed E-state index contributed by atoms with van der Waals surface area (Å²) in [7, 11) is -3.71. The molecule has 1 atom stereocenters. The molecule has 0 saturated carbocycles. The van der Waals surface area contributed by atoms with Crippen molar-refractivity contribution in [3.05, 3.63) is 28.3 Å². The van der Waals surface area contributed by atoms with Crippen LogP contribution in [0.3, 0.4) is 0 Å². The van der Waals surface area contributed by atoms with E-state index in [1.54, 1.807) is 0 Å². The molecular weight excluding hydrogens is 373 g/mol. The molecule has 0 aliphatic carbocycles. The average molecular weight is 387 g/mol. The summed E-state index contributed by atoms with van der Waals surface area (Å²) in [6.45, 7) is 2.05. The van der Waals surface area contributed by atoms with Crippen molar-refractivity contribution in [3.63, 3.8) is 0 Å². The SMILES string of the molecule is CC(CCl)CNC(=O)c1c(S(C)(=O)=O)ccc(C(=O)Cl)c1Cl. The Morgan fingerprint density at radius 2 is 1.91 bits per heavy atom. The third kappa shape index (κ3) is 4.59. The monoisotopic (exact) mass is 385 g/mol. The van der Waals surface area contributed by atoms with Crippen LogP contribution in [0.25, 0.3) is 0 Å². The number of sulfone groups is 1. The Balaban J connectivity index is 3.38. The molecule has 1 amide bonds. The molecule has 9 heteroatoms. The van der Waals surface area contributed by atoms with E-state index >= 15 is 0 Å². The standard InChI is InChI=1S/C13H14Cl3NO4S/c1-7(5-14)6-17-13(19)10-9(22(2,20)21)4-3-8(11(10)15)12(16)18/h3-4,7H,5-6H2,1-2H3,(H,17,19). The summed E-state index contributed by atoms with van der Waals surface area (Å²) in [6, 6.07) is 2.31. The molecule has 0 fully saturated rings. The lowest BCUT2D eigenvalue weighted by atomic mass is 10.1. The van der Waals surface area contributed by atoms with Crippen LogP contribution >= 0.6 is 34.8 Å². The lowest BCUT2D eigenvalue weighted by Gasteiger charge is -2.14. The van der Waals surface area contributed by atoms with Crippen LogP contribution in [0.15, 0.2) is 17.0 Å². The van der Waals surface area contributed by atoms with Crippen LogP contribution in [-0.4, -0.2) is 38.2 Å². The van der Waals surface area contributed by atoms with Crippen LogP contribution in [0.1, 0.15) is 27.6 Å². The normalized spacial score (nSPS) is 12.8. The Hall–Kier alpha value is -0.820. The van der Waals surface area contributed by atoms with Gasteiger partial charge >= 0.3 is 0 Å². The van der Waals surface area contributed by atoms with E-state index in [9.17, 15) is 18.0 Å². The molecule has 0 aliphatic rings. The summed E-state index contributed by atoms with van der Waals surface area (Å²) in [6.07, 6.45) is 0.943. The van der Waals surface area contributed by atoms with Crippen LogP contribution in [0.4, 0.5) is 0 Å². The number of amides is 1. The minimum absolute atomic E-state index is 0.0103. The van der Waals surface area contributed by atoms with Crippen LogP contribution in [0, 0.1) is 5.92 Å². The molecule has 1 N–H and O–H groups in total. The number of rotatable bonds is 6. The smallest absolute Gasteiger partial charge is 0.254 e. The first kappa shape index (κ1) is 19.2. The van der Waals surface area contributed by atoms with Gasteiger partial charge in [-0.15, -0.1) is 11.6 Å². The quantitative estimate of drug-likeness (QED) is 0.602. The molecule has 0 spiro atoms. The van der Waals surface area contributed by atoms with Gasteiger partial charge in [0, 0.05) is 18.7 Å². The summed E-state index contributed by atoms with van der Waals surface area (Å²) in [4.78, 5) is 23.3. The molecule has 0 bridgehead atoms. The van der Waals surface area contributed by atoms with Gasteiger partial charge in [-0.25, -0.2) is 8.42 Å². The highest BCUT2D eigenvalue weighted by Gasteiger charge is 2.25. The van der Waals surface area contributed by atoms with E-state index in [0.717, 1.165) is 12.3 Å². The second kappa shape index (κ2) is 7.64. The van der Waals surface area contributed by atoms with Gasteiger partial charge in [-0.2, -0.15) is 0 Å². The van der Waals surface area contributed by atoms with Crippen molar-refractivity contribution in [2.24, 2.45) is 5.92 Å². The van der Waals surface area contributed by atoms with E-state index in [4.69, 9.17) is 34.8 Å². The predicted molar refractivity (Wildman–Crippen MR) is 87.0 cm³/mol. The van der Waals surface area contributed by atoms with Gasteiger partial charge < -0.3 is 5.32 Å². The fraction of sp³-hybridized carbons (Fsp3) is 0.385. The molecule has 0 heterocycles. The highest BCUT2D eigenvalue weighted by Crippen LogP contribution is 2.29. The summed E-state index contributed by atoms with van der Waals surface area (Å²) in [5.41, 5.74) is -0.427. The Labute approximate surface area is 143 Å². The van der Waals surface area contributed by atoms with Gasteiger partial charge in [-0.05, 0) is 29.7 Å². The molecule has 0 aliphatic heterocycles. The summed E-state index contributed by atoms with van der Waals surface area (Å²) >= 11 is 17.0. The molecule has 0 aromatic heterocycles. The number of alkyl halides is 1. The van der Waals surface area contributed by atoms with E-state index in [1.165, 1.54) is 6.07 Å². The second-order valence-corrected chi connectivity index (χ2v) is 7.83. The van der Waals surface area contributed by atoms with Crippen LogP contribution < -0.4 is 5.32 Å². The third-order valence-electron chi connectivity index (χ3n) is 2.82. The first-order valence-electron chi connectivity index (χ1n) is 6.16. The Morgan fingerprint density at radius 3 is 2.36 bits per heavy atom. The lowest BCUT2D eigenvalue weighted by Crippen LogP contribution is -2.30. The van der Waals surface area contributed by atoms with Gasteiger partial charge in [0.2, 0.25) is 0 Å². The number of nitrogens with one attached hydrogen (secondary N) is 1. The molecule has 22 heavy (non-hydrogen) atoms. The minimum atomic E-state index is -3.71. The predicted octanol–water partition coefficient (Wildman–Crippen LogP) is 2.73. The molecule has 1 aromatic carbocycles. The Morgan fingerprint density at radius 1 is 1.32 bits per heavy atom. The van der Waals surface area contributed by atoms with Crippen molar-refractivity contribution in [1.82, 2.24) is 5.32 Å². The fourth-order valence-electron chi connectivity index (χ4n) is 1.64. The fourth-order valence-corrected chi connectivity index (χ4v) is 3.23. The zero-order valence-corrected chi connectivity index (χ0v) is 14.9. The number of carbonyl (C=O) groups excluding carboxylic acids is 2. The summed E-state index contributed by atoms with van der Waals surface area (Å²) < 4.78 is 23.6. The van der Waals surface area contributed by atoms with Crippen molar-refractivity contribution in [3.8, 4) is 0 Å². The first-order chi connectivity index (χ1) is 10.1. The van der Waals surface area contributed by atoms with Crippen LogP contribution in [0.5, 0.6) is 0 Å². The second-order valence-electron chi connectivity index (χ2n) is 4.82. The van der Waals surface area contributed by atoms with Gasteiger partial charge in [-0.1, -0.05) is 18.5 Å². The molecule has 1 rings (SSSR count). The van der Waals surface area contributed by atoms with Crippen molar-refractivity contribution in [2.45, 2.75) is 11.8 Å². The minimum Gasteiger partial charge on any atom is -0.352 e. The largest absolute Gasteiger partial charge is 0.352 e. The Kier molecular flexibility index (Phi) is 6.67. The van der Waals surface area contributed by atoms with Gasteiger partial charge in [0.05, 0.1) is 21.0 Å². The van der Waals surface area contributed by atoms with E-state index in [-0.39, 0.29) is 33.5 Å². The number of carbonyl (C=O) groups is 2. The van der Waals surface area contributed by atoms with E-state index in [2.05, 4.69) is 5.32 Å². The van der Waals surface area contributed by atoms with Crippen molar-refractivity contribution in [1.29, 1.82) is 0 Å². The lowest BCUT2D eigenvalue weighted by molar-refractivity contribution is 0.0946. The zero-order valence-electron chi connectivity index (χ0n) is 11.8. The van der Waals surface area contributed by atoms with E-state index < -0.39 is 21.0 Å². The van der Waals surface area contributed by atoms with Crippen LogP contribution in [0.2, 0.25) is 5.02 Å². The van der Waals surface area contributed by atoms with Crippen molar-refractivity contribution < 1.29 is 18.0 Å². The first-order valence-corrected chi connectivity index (χ1v) is 9.34. The highest BCUT2D eigenvalue weighted by molar-refractivity contribution is 7.90. The molecule has 0 saturated heterocycles. The van der Waals surface area contributed by atoms with Crippen LogP contribution in [-0.2, 0) is 9.84 Å². The molecule has 122 valence electrons. The molecular formula is C13H14Cl3NO4S. The summed E-state index contributed by atoms with van der Waals surface area (Å²) in [5.74, 6) is -0.390. The number of halogens is 3. The van der Waals surface area contributed by atoms with Crippen molar-refractivity contribution >= 4 is 55.8 Å². The maximum atomic E-state index is 12.3. The molecule has 5 nitrogen and oxygen atoms in total.